The molecule has 1 nitrogen and oxygen atoms in total. The van der Waals surface area contributed by atoms with Crippen molar-refractivity contribution in [1.29, 1.82) is 0 Å². The molecule has 0 fully saturated rings. The van der Waals surface area contributed by atoms with Gasteiger partial charge in [-0.05, 0) is 28.9 Å². The van der Waals surface area contributed by atoms with Crippen LogP contribution in [0.25, 0.3) is 0 Å². The summed E-state index contributed by atoms with van der Waals surface area (Å²) in [6.45, 7) is 6.02. The van der Waals surface area contributed by atoms with Gasteiger partial charge in [-0.2, -0.15) is 4.39 Å². The van der Waals surface area contributed by atoms with Crippen LogP contribution >= 0.6 is 23.5 Å². The third-order valence-corrected chi connectivity index (χ3v) is 3.03. The monoisotopic (exact) mass is 288 g/mol. The van der Waals surface area contributed by atoms with Crippen molar-refractivity contribution in [2.24, 2.45) is 5.92 Å². The van der Waals surface area contributed by atoms with Crippen molar-refractivity contribution in [1.82, 2.24) is 0 Å². The number of thioether (sulfide) groups is 2. The van der Waals surface area contributed by atoms with E-state index in [0.717, 1.165) is 23.9 Å². The lowest BCUT2D eigenvalue weighted by Crippen LogP contribution is -1.93. The van der Waals surface area contributed by atoms with Gasteiger partial charge in [-0.3, -0.25) is 0 Å². The Morgan fingerprint density at radius 3 is 2.61 bits per heavy atom. The Kier molecular flexibility index (Phi) is 15.6. The van der Waals surface area contributed by atoms with Gasteiger partial charge >= 0.3 is 0 Å². The summed E-state index contributed by atoms with van der Waals surface area (Å²) in [5.41, 5.74) is -1.46. The van der Waals surface area contributed by atoms with Gasteiger partial charge in [0, 0.05) is 11.8 Å². The van der Waals surface area contributed by atoms with Crippen LogP contribution in [-0.4, -0.2) is 11.4 Å². The molecule has 0 N–H and O–H groups in total. The van der Waals surface area contributed by atoms with Crippen molar-refractivity contribution in [2.75, 3.05) is 5.75 Å². The van der Waals surface area contributed by atoms with Crippen molar-refractivity contribution in [3.63, 3.8) is 0 Å². The van der Waals surface area contributed by atoms with E-state index in [0.29, 0.717) is 0 Å². The molecule has 1 atom stereocenters. The summed E-state index contributed by atoms with van der Waals surface area (Å²) < 4.78 is 17.6. The molecule has 0 saturated carbocycles. The first kappa shape index (κ1) is 19.6. The SMILES string of the molecule is C.CCCS/C=C/SC(F)OC#CC#CC(C)C. The molecule has 0 aromatic heterocycles. The molecule has 0 aliphatic rings. The van der Waals surface area contributed by atoms with Crippen LogP contribution in [0.15, 0.2) is 10.8 Å². The topological polar surface area (TPSA) is 9.23 Å². The Morgan fingerprint density at radius 2 is 2.00 bits per heavy atom. The molecule has 0 aromatic carbocycles. The zero-order valence-electron chi connectivity index (χ0n) is 10.3. The van der Waals surface area contributed by atoms with Crippen molar-refractivity contribution in [3.05, 3.63) is 10.8 Å². The normalized spacial score (nSPS) is 10.9. The Balaban J connectivity index is 0. The third-order valence-electron chi connectivity index (χ3n) is 1.29. The van der Waals surface area contributed by atoms with Gasteiger partial charge in [-0.25, -0.2) is 0 Å². The maximum atomic E-state index is 13.0. The van der Waals surface area contributed by atoms with Crippen molar-refractivity contribution in [2.45, 2.75) is 40.3 Å². The number of ether oxygens (including phenoxy) is 1. The molecule has 1 unspecified atom stereocenters. The number of rotatable bonds is 6. The van der Waals surface area contributed by atoms with Crippen molar-refractivity contribution in [3.8, 4) is 23.9 Å². The molecular formula is C14H21FOS2. The lowest BCUT2D eigenvalue weighted by molar-refractivity contribution is 0.124. The second-order valence-electron chi connectivity index (χ2n) is 3.32. The van der Waals surface area contributed by atoms with E-state index in [1.165, 1.54) is 0 Å². The molecule has 0 bridgehead atoms. The fourth-order valence-corrected chi connectivity index (χ4v) is 1.80. The summed E-state index contributed by atoms with van der Waals surface area (Å²) in [6.07, 6.45) is 3.34. The van der Waals surface area contributed by atoms with Crippen LogP contribution in [0.1, 0.15) is 34.6 Å². The highest BCUT2D eigenvalue weighted by Crippen LogP contribution is 2.17. The number of hydrogen-bond donors (Lipinski definition) is 0. The minimum atomic E-state index is -1.46. The van der Waals surface area contributed by atoms with Crippen LogP contribution in [0.4, 0.5) is 4.39 Å². The molecule has 0 heterocycles. The molecule has 0 aromatic rings. The molecule has 0 radical (unpaired) electrons. The van der Waals surface area contributed by atoms with E-state index in [1.54, 1.807) is 17.2 Å². The molecule has 18 heavy (non-hydrogen) atoms. The van der Waals surface area contributed by atoms with Crippen LogP contribution in [0.2, 0.25) is 0 Å². The van der Waals surface area contributed by atoms with E-state index in [2.05, 4.69) is 35.5 Å². The Labute approximate surface area is 119 Å². The average Bonchev–Trinajstić information content (AvgIpc) is 2.28. The highest BCUT2D eigenvalue weighted by molar-refractivity contribution is 8.05. The molecule has 102 valence electrons. The van der Waals surface area contributed by atoms with Gasteiger partial charge in [-0.15, -0.1) is 11.8 Å². The number of alkyl halides is 1. The molecule has 0 saturated heterocycles. The second-order valence-corrected chi connectivity index (χ2v) is 5.25. The number of hydrogen-bond acceptors (Lipinski definition) is 3. The van der Waals surface area contributed by atoms with Gasteiger partial charge in [0.05, 0.1) is 0 Å². The summed E-state index contributed by atoms with van der Waals surface area (Å²) in [5.74, 6) is 9.17. The van der Waals surface area contributed by atoms with Gasteiger partial charge in [-0.1, -0.05) is 45.9 Å². The van der Waals surface area contributed by atoms with Crippen LogP contribution in [0.3, 0.4) is 0 Å². The van der Waals surface area contributed by atoms with Gasteiger partial charge in [0.2, 0.25) is 0 Å². The summed E-state index contributed by atoms with van der Waals surface area (Å²) in [5, 5.41) is 3.53. The molecule has 0 aliphatic carbocycles. The quantitative estimate of drug-likeness (QED) is 0.392. The minimum Gasteiger partial charge on any atom is -0.399 e. The van der Waals surface area contributed by atoms with Crippen LogP contribution < -0.4 is 0 Å². The molecule has 0 amide bonds. The first-order chi connectivity index (χ1) is 8.16. The van der Waals surface area contributed by atoms with Crippen LogP contribution in [0.5, 0.6) is 0 Å². The zero-order valence-corrected chi connectivity index (χ0v) is 12.0. The summed E-state index contributed by atoms with van der Waals surface area (Å²) >= 11 is 2.60. The van der Waals surface area contributed by atoms with E-state index in [-0.39, 0.29) is 13.3 Å². The van der Waals surface area contributed by atoms with Gasteiger partial charge < -0.3 is 4.74 Å². The number of halogens is 1. The van der Waals surface area contributed by atoms with Gasteiger partial charge in [0.1, 0.15) is 6.11 Å². The van der Waals surface area contributed by atoms with E-state index >= 15 is 0 Å². The summed E-state index contributed by atoms with van der Waals surface area (Å²) in [6, 6.07) is 0. The van der Waals surface area contributed by atoms with E-state index in [4.69, 9.17) is 0 Å². The second kappa shape index (κ2) is 14.4. The van der Waals surface area contributed by atoms with Crippen LogP contribution in [-0.2, 0) is 4.74 Å². The minimum absolute atomic E-state index is 0. The standard InChI is InChI=1S/C13H17FOS2.CH4/c1-4-9-16-10-11-17-13(14)15-8-6-5-7-12(2)3;/h10-13H,4,9H2,1-3H3;1H4/b11-10+;. The molecule has 0 spiro atoms. The van der Waals surface area contributed by atoms with Crippen molar-refractivity contribution < 1.29 is 9.13 Å². The predicted octanol–water partition coefficient (Wildman–Crippen LogP) is 4.86. The van der Waals surface area contributed by atoms with Gasteiger partial charge in [0.25, 0.3) is 5.69 Å². The Bertz CT molecular complexity index is 331. The van der Waals surface area contributed by atoms with E-state index in [1.807, 2.05) is 19.3 Å². The Morgan fingerprint density at radius 1 is 1.28 bits per heavy atom. The fourth-order valence-electron chi connectivity index (χ4n) is 0.629. The van der Waals surface area contributed by atoms with Gasteiger partial charge in [0.15, 0.2) is 0 Å². The van der Waals surface area contributed by atoms with Crippen molar-refractivity contribution >= 4 is 23.5 Å². The highest BCUT2D eigenvalue weighted by Gasteiger charge is 2.01. The smallest absolute Gasteiger partial charge is 0.300 e. The predicted molar refractivity (Wildman–Crippen MR) is 82.6 cm³/mol. The summed E-state index contributed by atoms with van der Waals surface area (Å²) in [7, 11) is 0. The average molecular weight is 288 g/mol. The molecular weight excluding hydrogens is 267 g/mol. The maximum absolute atomic E-state index is 13.0. The first-order valence-electron chi connectivity index (χ1n) is 5.39. The third kappa shape index (κ3) is 15.3. The molecule has 4 heteroatoms. The fraction of sp³-hybridized carbons (Fsp3) is 0.571. The maximum Gasteiger partial charge on any atom is 0.300 e. The van der Waals surface area contributed by atoms with E-state index in [9.17, 15) is 4.39 Å². The van der Waals surface area contributed by atoms with Crippen LogP contribution in [0, 0.1) is 29.8 Å². The lowest BCUT2D eigenvalue weighted by Gasteiger charge is -1.99. The summed E-state index contributed by atoms with van der Waals surface area (Å²) in [4.78, 5) is 0. The molecule has 0 rings (SSSR count). The lowest BCUT2D eigenvalue weighted by atomic mass is 10.2. The first-order valence-corrected chi connectivity index (χ1v) is 7.38. The highest BCUT2D eigenvalue weighted by atomic mass is 32.2. The Hall–Kier alpha value is -0.710. The zero-order chi connectivity index (χ0) is 12.9. The van der Waals surface area contributed by atoms with E-state index < -0.39 is 5.69 Å². The largest absolute Gasteiger partial charge is 0.399 e. The molecule has 0 aliphatic heterocycles.